The summed E-state index contributed by atoms with van der Waals surface area (Å²) in [5.74, 6) is 1.72. The van der Waals surface area contributed by atoms with Crippen LogP contribution in [0.5, 0.6) is 0 Å². The van der Waals surface area contributed by atoms with Crippen LogP contribution in [0.25, 0.3) is 0 Å². The molecule has 0 spiro atoms. The molecule has 3 nitrogen and oxygen atoms in total. The van der Waals surface area contributed by atoms with Crippen molar-refractivity contribution in [2.24, 2.45) is 4.99 Å². The topological polar surface area (TPSA) is 36.4 Å². The second kappa shape index (κ2) is 11.8. The third-order valence-corrected chi connectivity index (χ3v) is 4.06. The fourth-order valence-electron chi connectivity index (χ4n) is 2.05. The van der Waals surface area contributed by atoms with Gasteiger partial charge in [0.25, 0.3) is 0 Å². The third-order valence-electron chi connectivity index (χ3n) is 3.36. The lowest BCUT2D eigenvalue weighted by Gasteiger charge is -2.19. The first-order valence-electron chi connectivity index (χ1n) is 7.51. The van der Waals surface area contributed by atoms with Crippen LogP contribution in [0.3, 0.4) is 0 Å². The van der Waals surface area contributed by atoms with Crippen LogP contribution in [0, 0.1) is 0 Å². The van der Waals surface area contributed by atoms with E-state index in [4.69, 9.17) is 0 Å². The van der Waals surface area contributed by atoms with Gasteiger partial charge in [0, 0.05) is 13.6 Å². The smallest absolute Gasteiger partial charge is 0.356 e. The fourth-order valence-corrected chi connectivity index (χ4v) is 2.54. The number of rotatable bonds is 7. The molecule has 8 heteroatoms. The number of nitrogens with zero attached hydrogens (tertiary/aromatic N) is 1. The monoisotopic (exact) mass is 475 g/mol. The Labute approximate surface area is 163 Å². The lowest BCUT2D eigenvalue weighted by Crippen LogP contribution is -2.39. The average molecular weight is 475 g/mol. The predicted molar refractivity (Wildman–Crippen MR) is 107 cm³/mol. The third kappa shape index (κ3) is 8.46. The molecule has 0 saturated heterocycles. The zero-order valence-electron chi connectivity index (χ0n) is 14.1. The molecule has 0 aliphatic carbocycles. The Morgan fingerprint density at radius 3 is 2.58 bits per heavy atom. The van der Waals surface area contributed by atoms with Gasteiger partial charge in [0.2, 0.25) is 0 Å². The molecule has 0 amide bonds. The van der Waals surface area contributed by atoms with Crippen LogP contribution in [0.4, 0.5) is 13.2 Å². The van der Waals surface area contributed by atoms with Crippen molar-refractivity contribution in [2.75, 3.05) is 25.6 Å². The molecule has 1 atom stereocenters. The minimum atomic E-state index is -4.33. The zero-order valence-corrected chi connectivity index (χ0v) is 17.3. The molecular weight excluding hydrogens is 450 g/mol. The molecule has 1 aromatic rings. The number of nitrogens with one attached hydrogen (secondary N) is 2. The van der Waals surface area contributed by atoms with Gasteiger partial charge in [-0.25, -0.2) is 0 Å². The lowest BCUT2D eigenvalue weighted by molar-refractivity contribution is -0.137. The van der Waals surface area contributed by atoms with Crippen molar-refractivity contribution in [1.82, 2.24) is 10.6 Å². The number of unbranched alkanes of at least 4 members (excludes halogenated alkanes) is 1. The van der Waals surface area contributed by atoms with Crippen molar-refractivity contribution in [1.29, 1.82) is 0 Å². The van der Waals surface area contributed by atoms with Gasteiger partial charge in [-0.1, -0.05) is 12.1 Å². The highest BCUT2D eigenvalue weighted by Crippen LogP contribution is 2.30. The highest BCUT2D eigenvalue weighted by atomic mass is 127. The molecule has 0 aromatic heterocycles. The summed E-state index contributed by atoms with van der Waals surface area (Å²) in [6.45, 7) is 2.60. The average Bonchev–Trinajstić information content (AvgIpc) is 2.52. The fraction of sp³-hybridized carbons (Fsp3) is 0.562. The Morgan fingerprint density at radius 2 is 2.00 bits per heavy atom. The van der Waals surface area contributed by atoms with Crippen molar-refractivity contribution < 1.29 is 13.2 Å². The molecular formula is C16H25F3IN3S. The molecule has 24 heavy (non-hydrogen) atoms. The van der Waals surface area contributed by atoms with Gasteiger partial charge in [-0.3, -0.25) is 4.99 Å². The predicted octanol–water partition coefficient (Wildman–Crippen LogP) is 4.69. The van der Waals surface area contributed by atoms with Gasteiger partial charge < -0.3 is 10.6 Å². The van der Waals surface area contributed by atoms with Crippen molar-refractivity contribution in [3.05, 3.63) is 35.4 Å². The van der Waals surface area contributed by atoms with Crippen LogP contribution in [0.2, 0.25) is 0 Å². The van der Waals surface area contributed by atoms with E-state index in [1.807, 2.05) is 18.7 Å². The largest absolute Gasteiger partial charge is 0.416 e. The summed E-state index contributed by atoms with van der Waals surface area (Å²) >= 11 is 1.81. The van der Waals surface area contributed by atoms with Gasteiger partial charge in [0.05, 0.1) is 11.6 Å². The van der Waals surface area contributed by atoms with Crippen molar-refractivity contribution >= 4 is 41.7 Å². The van der Waals surface area contributed by atoms with Crippen molar-refractivity contribution in [3.63, 3.8) is 0 Å². The summed E-state index contributed by atoms with van der Waals surface area (Å²) in [7, 11) is 1.65. The van der Waals surface area contributed by atoms with E-state index in [9.17, 15) is 13.2 Å². The highest BCUT2D eigenvalue weighted by molar-refractivity contribution is 14.0. The second-order valence-corrected chi connectivity index (χ2v) is 6.17. The van der Waals surface area contributed by atoms with Crippen LogP contribution < -0.4 is 10.6 Å². The molecule has 0 saturated carbocycles. The molecule has 0 heterocycles. The maximum atomic E-state index is 12.8. The molecule has 0 aliphatic rings. The normalized spacial score (nSPS) is 13.2. The van der Waals surface area contributed by atoms with E-state index in [-0.39, 0.29) is 30.0 Å². The Kier molecular flexibility index (Phi) is 11.5. The Morgan fingerprint density at radius 1 is 1.29 bits per heavy atom. The SMILES string of the molecule is CN=C(NCCCCSC)NC(C)c1cccc(C(F)(F)F)c1.I. The summed E-state index contributed by atoms with van der Waals surface area (Å²) in [6.07, 6.45) is -0.106. The van der Waals surface area contributed by atoms with E-state index in [2.05, 4.69) is 21.9 Å². The first-order chi connectivity index (χ1) is 10.9. The van der Waals surface area contributed by atoms with E-state index in [0.717, 1.165) is 31.2 Å². The number of hydrogen-bond acceptors (Lipinski definition) is 2. The Balaban J connectivity index is 0.00000529. The maximum absolute atomic E-state index is 12.8. The first-order valence-corrected chi connectivity index (χ1v) is 8.91. The standard InChI is InChI=1S/C16H24F3N3S.HI/c1-12(13-7-6-8-14(11-13)16(17,18)19)22-15(20-2)21-9-4-5-10-23-3;/h6-8,11-12H,4-5,9-10H2,1-3H3,(H2,20,21,22);1H. The van der Waals surface area contributed by atoms with Gasteiger partial charge in [-0.05, 0) is 49.5 Å². The first kappa shape index (κ1) is 23.4. The highest BCUT2D eigenvalue weighted by Gasteiger charge is 2.30. The molecule has 138 valence electrons. The van der Waals surface area contributed by atoms with Gasteiger partial charge in [-0.2, -0.15) is 24.9 Å². The van der Waals surface area contributed by atoms with Crippen LogP contribution in [-0.4, -0.2) is 31.6 Å². The number of aliphatic imine (C=N–C) groups is 1. The molecule has 0 fully saturated rings. The minimum absolute atomic E-state index is 0. The number of thioether (sulfide) groups is 1. The number of guanidine groups is 1. The number of benzene rings is 1. The molecule has 1 rings (SSSR count). The molecule has 2 N–H and O–H groups in total. The number of halogens is 4. The van der Waals surface area contributed by atoms with Crippen LogP contribution >= 0.6 is 35.7 Å². The Hall–Kier alpha value is -0.640. The second-order valence-electron chi connectivity index (χ2n) is 5.19. The lowest BCUT2D eigenvalue weighted by atomic mass is 10.1. The van der Waals surface area contributed by atoms with Gasteiger partial charge in [0.15, 0.2) is 5.96 Å². The summed E-state index contributed by atoms with van der Waals surface area (Å²) in [5.41, 5.74) is -0.0613. The summed E-state index contributed by atoms with van der Waals surface area (Å²) in [4.78, 5) is 4.11. The van der Waals surface area contributed by atoms with Crippen molar-refractivity contribution in [3.8, 4) is 0 Å². The van der Waals surface area contributed by atoms with E-state index in [1.54, 1.807) is 13.1 Å². The number of hydrogen-bond donors (Lipinski definition) is 2. The summed E-state index contributed by atoms with van der Waals surface area (Å²) in [6, 6.07) is 5.08. The quantitative estimate of drug-likeness (QED) is 0.260. The van der Waals surface area contributed by atoms with Crippen LogP contribution in [0.1, 0.15) is 36.9 Å². The van der Waals surface area contributed by atoms with E-state index in [1.165, 1.54) is 12.1 Å². The number of alkyl halides is 3. The van der Waals surface area contributed by atoms with E-state index in [0.29, 0.717) is 11.5 Å². The van der Waals surface area contributed by atoms with E-state index < -0.39 is 11.7 Å². The minimum Gasteiger partial charge on any atom is -0.356 e. The summed E-state index contributed by atoms with van der Waals surface area (Å²) < 4.78 is 38.3. The van der Waals surface area contributed by atoms with Gasteiger partial charge in [-0.15, -0.1) is 24.0 Å². The summed E-state index contributed by atoms with van der Waals surface area (Å²) in [5, 5.41) is 6.30. The van der Waals surface area contributed by atoms with Crippen LogP contribution in [-0.2, 0) is 6.18 Å². The zero-order chi connectivity index (χ0) is 17.3. The van der Waals surface area contributed by atoms with Crippen LogP contribution in [0.15, 0.2) is 29.3 Å². The maximum Gasteiger partial charge on any atom is 0.416 e. The molecule has 1 aromatic carbocycles. The molecule has 0 radical (unpaired) electrons. The van der Waals surface area contributed by atoms with Crippen molar-refractivity contribution in [2.45, 2.75) is 32.0 Å². The molecule has 1 unspecified atom stereocenters. The molecule has 0 bridgehead atoms. The molecule has 0 aliphatic heterocycles. The van der Waals surface area contributed by atoms with Gasteiger partial charge in [0.1, 0.15) is 0 Å². The Bertz CT molecular complexity index is 510. The van der Waals surface area contributed by atoms with Gasteiger partial charge >= 0.3 is 6.18 Å². The van der Waals surface area contributed by atoms with E-state index >= 15 is 0 Å².